The zero-order chi connectivity index (χ0) is 16.1. The Bertz CT molecular complexity index is 806. The summed E-state index contributed by atoms with van der Waals surface area (Å²) >= 11 is 1.10. The first-order valence-electron chi connectivity index (χ1n) is 6.12. The van der Waals surface area contributed by atoms with Crippen molar-refractivity contribution < 1.29 is 14.2 Å². The van der Waals surface area contributed by atoms with E-state index in [2.05, 4.69) is 4.98 Å². The van der Waals surface area contributed by atoms with E-state index >= 15 is 0 Å². The SMILES string of the molecule is N#Cc1cc(C#N)c(SCC(=O)c2ccc(F)cc2)[nH+]c1N. The van der Waals surface area contributed by atoms with Crippen molar-refractivity contribution in [3.8, 4) is 12.1 Å². The maximum atomic E-state index is 12.8. The number of nitrogens with two attached hydrogens (primary N) is 1. The van der Waals surface area contributed by atoms with Crippen molar-refractivity contribution in [1.29, 1.82) is 10.5 Å². The van der Waals surface area contributed by atoms with Gasteiger partial charge in [0.2, 0.25) is 0 Å². The molecule has 0 saturated heterocycles. The summed E-state index contributed by atoms with van der Waals surface area (Å²) in [5, 5.41) is 18.4. The molecule has 0 bridgehead atoms. The first-order valence-corrected chi connectivity index (χ1v) is 7.11. The van der Waals surface area contributed by atoms with Gasteiger partial charge in [0.15, 0.2) is 10.8 Å². The summed E-state index contributed by atoms with van der Waals surface area (Å²) in [7, 11) is 0. The molecule has 22 heavy (non-hydrogen) atoms. The molecule has 2 aromatic rings. The van der Waals surface area contributed by atoms with Crippen LogP contribution in [0.5, 0.6) is 0 Å². The quantitative estimate of drug-likeness (QED) is 0.686. The van der Waals surface area contributed by atoms with Gasteiger partial charge in [-0.2, -0.15) is 10.5 Å². The normalized spacial score (nSPS) is 9.77. The van der Waals surface area contributed by atoms with E-state index in [0.29, 0.717) is 10.6 Å². The summed E-state index contributed by atoms with van der Waals surface area (Å²) in [6, 6.07) is 10.4. The number of pyridine rings is 1. The lowest BCUT2D eigenvalue weighted by atomic mass is 10.1. The molecule has 0 spiro atoms. The number of rotatable bonds is 4. The Morgan fingerprint density at radius 1 is 1.23 bits per heavy atom. The number of H-pyrrole nitrogens is 1. The third kappa shape index (κ3) is 3.40. The molecule has 108 valence electrons. The van der Waals surface area contributed by atoms with Crippen molar-refractivity contribution in [3.63, 3.8) is 0 Å². The highest BCUT2D eigenvalue weighted by atomic mass is 32.2. The second-order valence-corrected chi connectivity index (χ2v) is 5.27. The lowest BCUT2D eigenvalue weighted by Gasteiger charge is -2.02. The van der Waals surface area contributed by atoms with Gasteiger partial charge in [0, 0.05) is 5.56 Å². The summed E-state index contributed by atoms with van der Waals surface area (Å²) in [5.41, 5.74) is 6.46. The number of halogens is 1. The minimum atomic E-state index is -0.413. The Morgan fingerprint density at radius 2 is 1.86 bits per heavy atom. The highest BCUT2D eigenvalue weighted by Gasteiger charge is 2.16. The van der Waals surface area contributed by atoms with Crippen LogP contribution in [0.4, 0.5) is 10.2 Å². The molecule has 0 saturated carbocycles. The lowest BCUT2D eigenvalue weighted by molar-refractivity contribution is -0.410. The molecular weight excluding hydrogens is 303 g/mol. The number of ketones is 1. The number of nitrogens with one attached hydrogen (secondary N) is 1. The molecule has 0 aliphatic heterocycles. The average molecular weight is 313 g/mol. The van der Waals surface area contributed by atoms with Crippen molar-refractivity contribution in [2.75, 3.05) is 11.5 Å². The summed E-state index contributed by atoms with van der Waals surface area (Å²) < 4.78 is 12.8. The fourth-order valence-corrected chi connectivity index (χ4v) is 2.58. The van der Waals surface area contributed by atoms with Gasteiger partial charge in [0.05, 0.1) is 5.75 Å². The first-order chi connectivity index (χ1) is 10.5. The van der Waals surface area contributed by atoms with Gasteiger partial charge in [-0.05, 0) is 30.3 Å². The number of nitrogens with zero attached hydrogens (tertiary/aromatic N) is 2. The standard InChI is InChI=1S/C15H9FN4OS/c16-12-3-1-9(2-4-12)13(21)8-22-15-11(7-18)5-10(6-17)14(19)20-15/h1-5H,8H2,(H2,19,20)/p+1. The van der Waals surface area contributed by atoms with Crippen LogP contribution in [0, 0.1) is 28.5 Å². The van der Waals surface area contributed by atoms with Crippen LogP contribution >= 0.6 is 11.8 Å². The van der Waals surface area contributed by atoms with E-state index in [4.69, 9.17) is 16.3 Å². The molecule has 0 atom stereocenters. The van der Waals surface area contributed by atoms with Crippen LogP contribution in [0.3, 0.4) is 0 Å². The summed E-state index contributed by atoms with van der Waals surface area (Å²) in [5.74, 6) is -0.421. The molecule has 0 unspecified atom stereocenters. The molecule has 7 heteroatoms. The van der Waals surface area contributed by atoms with Crippen molar-refractivity contribution in [2.24, 2.45) is 0 Å². The number of hydrogen-bond acceptors (Lipinski definition) is 5. The van der Waals surface area contributed by atoms with Gasteiger partial charge >= 0.3 is 0 Å². The van der Waals surface area contributed by atoms with Gasteiger partial charge in [-0.25, -0.2) is 9.37 Å². The van der Waals surface area contributed by atoms with E-state index in [1.54, 1.807) is 0 Å². The minimum absolute atomic E-state index is 0.0577. The molecule has 0 radical (unpaired) electrons. The van der Waals surface area contributed by atoms with E-state index in [1.165, 1.54) is 30.3 Å². The molecule has 0 amide bonds. The van der Waals surface area contributed by atoms with Gasteiger partial charge < -0.3 is 0 Å². The third-order valence-corrected chi connectivity index (χ3v) is 3.84. The maximum Gasteiger partial charge on any atom is 0.289 e. The van der Waals surface area contributed by atoms with Crippen molar-refractivity contribution >= 4 is 23.4 Å². The maximum absolute atomic E-state index is 12.8. The van der Waals surface area contributed by atoms with E-state index < -0.39 is 5.82 Å². The number of benzene rings is 1. The molecule has 1 aromatic carbocycles. The zero-order valence-corrected chi connectivity index (χ0v) is 12.1. The average Bonchev–Trinajstić information content (AvgIpc) is 2.53. The Hall–Kier alpha value is -2.90. The minimum Gasteiger partial charge on any atom is -0.293 e. The van der Waals surface area contributed by atoms with Gasteiger partial charge in [-0.1, -0.05) is 11.8 Å². The number of aromatic nitrogens is 1. The summed E-state index contributed by atoms with van der Waals surface area (Å²) in [6.07, 6.45) is 0. The monoisotopic (exact) mass is 313 g/mol. The second kappa shape index (κ2) is 6.70. The Balaban J connectivity index is 2.16. The predicted molar refractivity (Wildman–Crippen MR) is 78.3 cm³/mol. The number of hydrogen-bond donors (Lipinski definition) is 1. The second-order valence-electron chi connectivity index (χ2n) is 4.28. The van der Waals surface area contributed by atoms with Crippen LogP contribution in [0.2, 0.25) is 0 Å². The summed E-state index contributed by atoms with van der Waals surface area (Å²) in [4.78, 5) is 14.8. The van der Waals surface area contributed by atoms with E-state index in [0.717, 1.165) is 11.8 Å². The van der Waals surface area contributed by atoms with Crippen LogP contribution in [0.1, 0.15) is 21.5 Å². The smallest absolute Gasteiger partial charge is 0.289 e. The van der Waals surface area contributed by atoms with Gasteiger partial charge in [0.25, 0.3) is 5.82 Å². The van der Waals surface area contributed by atoms with Gasteiger partial charge in [0.1, 0.15) is 29.1 Å². The van der Waals surface area contributed by atoms with Crippen molar-refractivity contribution in [1.82, 2.24) is 0 Å². The fourth-order valence-electron chi connectivity index (χ4n) is 1.69. The molecule has 1 aromatic heterocycles. The highest BCUT2D eigenvalue weighted by Crippen LogP contribution is 2.21. The Morgan fingerprint density at radius 3 is 2.45 bits per heavy atom. The molecule has 0 aliphatic rings. The number of aromatic amines is 1. The number of carbonyl (C=O) groups excluding carboxylic acids is 1. The summed E-state index contributed by atoms with van der Waals surface area (Å²) in [6.45, 7) is 0. The largest absolute Gasteiger partial charge is 0.293 e. The van der Waals surface area contributed by atoms with Crippen LogP contribution in [0.25, 0.3) is 0 Å². The zero-order valence-electron chi connectivity index (χ0n) is 11.3. The van der Waals surface area contributed by atoms with Crippen LogP contribution in [0.15, 0.2) is 35.4 Å². The number of nitrogen functional groups attached to an aromatic ring is 1. The van der Waals surface area contributed by atoms with Crippen LogP contribution < -0.4 is 10.7 Å². The molecule has 1 heterocycles. The highest BCUT2D eigenvalue weighted by molar-refractivity contribution is 7.99. The topological polar surface area (TPSA) is 105 Å². The fraction of sp³-hybridized carbons (Fsp3) is 0.0667. The van der Waals surface area contributed by atoms with Gasteiger partial charge in [-0.3, -0.25) is 10.5 Å². The van der Waals surface area contributed by atoms with E-state index in [1.807, 2.05) is 12.1 Å². The number of thioether (sulfide) groups is 1. The third-order valence-electron chi connectivity index (χ3n) is 2.83. The number of carbonyl (C=O) groups is 1. The number of Topliss-reactive ketones (excluding diaryl/α,β-unsaturated/α-hetero) is 1. The Kier molecular flexibility index (Phi) is 4.72. The number of nitriles is 2. The van der Waals surface area contributed by atoms with E-state index in [9.17, 15) is 9.18 Å². The molecular formula is C15H10FN4OS+. The van der Waals surface area contributed by atoms with E-state index in [-0.39, 0.29) is 28.5 Å². The molecule has 0 fully saturated rings. The molecule has 5 nitrogen and oxygen atoms in total. The first kappa shape index (κ1) is 15.5. The molecule has 0 aliphatic carbocycles. The number of anilines is 1. The van der Waals surface area contributed by atoms with Crippen LogP contribution in [-0.4, -0.2) is 11.5 Å². The van der Waals surface area contributed by atoms with Gasteiger partial charge in [-0.15, -0.1) is 0 Å². The van der Waals surface area contributed by atoms with Crippen molar-refractivity contribution in [2.45, 2.75) is 5.03 Å². The molecule has 2 rings (SSSR count). The Labute approximate surface area is 130 Å². The lowest BCUT2D eigenvalue weighted by Crippen LogP contribution is -2.17. The van der Waals surface area contributed by atoms with Crippen molar-refractivity contribution in [3.05, 3.63) is 52.8 Å². The van der Waals surface area contributed by atoms with Crippen LogP contribution in [-0.2, 0) is 0 Å². The predicted octanol–water partition coefficient (Wildman–Crippen LogP) is 1.94. The molecule has 3 N–H and O–H groups in total.